The highest BCUT2D eigenvalue weighted by atomic mass is 16.7. The molecule has 0 saturated carbocycles. The number of aliphatic hydroxyl groups excluding tert-OH is 2. The van der Waals surface area contributed by atoms with Crippen LogP contribution in [0.15, 0.2) is 127 Å². The standard InChI is InChI=1S/C48H56N4O6/c1-33(47(56)37-13-5-3-6-14-37)52(2)31-40-29-44(36-23-21-34(32-53)22-24-36)58-48(57-40)38-27-25-35(26-28-38)41-16-10-9-15-39(41)30-50-45(54)19-7-4-8-20-46(55)51-43-18-12-11-17-42(43)49/h3,5-6,9-18,21-28,33,40,44,47-48,53,56H,4,7-8,19-20,29-32,49H2,1-2H3,(H,50,54)(H,51,55)/t33-,40+,44-,47-,48-/m1/s1. The van der Waals surface area contributed by atoms with E-state index in [9.17, 15) is 19.8 Å². The highest BCUT2D eigenvalue weighted by molar-refractivity contribution is 5.93. The summed E-state index contributed by atoms with van der Waals surface area (Å²) in [4.78, 5) is 27.2. The van der Waals surface area contributed by atoms with Crippen molar-refractivity contribution in [3.05, 3.63) is 155 Å². The van der Waals surface area contributed by atoms with Gasteiger partial charge in [-0.05, 0) is 72.3 Å². The molecular weight excluding hydrogens is 729 g/mol. The number of para-hydroxylation sites is 2. The molecule has 0 unspecified atom stereocenters. The van der Waals surface area contributed by atoms with E-state index in [0.717, 1.165) is 45.4 Å². The zero-order valence-electron chi connectivity index (χ0n) is 33.4. The fraction of sp³-hybridized carbons (Fsp3) is 0.333. The maximum atomic E-state index is 12.8. The number of nitrogens with one attached hydrogen (secondary N) is 2. The van der Waals surface area contributed by atoms with Gasteiger partial charge in [-0.1, -0.05) is 122 Å². The molecule has 0 aromatic heterocycles. The molecule has 10 heteroatoms. The highest BCUT2D eigenvalue weighted by Crippen LogP contribution is 2.39. The lowest BCUT2D eigenvalue weighted by Gasteiger charge is -2.39. The molecule has 10 nitrogen and oxygen atoms in total. The third-order valence-electron chi connectivity index (χ3n) is 10.9. The van der Waals surface area contributed by atoms with Gasteiger partial charge < -0.3 is 36.1 Å². The van der Waals surface area contributed by atoms with Gasteiger partial charge in [-0.15, -0.1) is 0 Å². The second kappa shape index (κ2) is 20.9. The Balaban J connectivity index is 1.05. The van der Waals surface area contributed by atoms with Crippen LogP contribution in [-0.4, -0.2) is 52.7 Å². The van der Waals surface area contributed by atoms with Gasteiger partial charge in [0.05, 0.1) is 36.3 Å². The van der Waals surface area contributed by atoms with Crippen LogP contribution in [0.5, 0.6) is 0 Å². The average Bonchev–Trinajstić information content (AvgIpc) is 3.26. The molecule has 58 heavy (non-hydrogen) atoms. The van der Waals surface area contributed by atoms with Crippen LogP contribution in [0.1, 0.15) is 91.8 Å². The first-order chi connectivity index (χ1) is 28.2. The number of carbonyl (C=O) groups is 2. The number of unbranched alkanes of at least 4 members (excludes halogenated alkanes) is 2. The van der Waals surface area contributed by atoms with Crippen molar-refractivity contribution < 1.29 is 29.3 Å². The number of rotatable bonds is 18. The molecule has 0 radical (unpaired) electrons. The molecule has 304 valence electrons. The van der Waals surface area contributed by atoms with Crippen molar-refractivity contribution in [1.82, 2.24) is 10.2 Å². The monoisotopic (exact) mass is 784 g/mol. The van der Waals surface area contributed by atoms with Gasteiger partial charge in [0.2, 0.25) is 11.8 Å². The van der Waals surface area contributed by atoms with Crippen LogP contribution >= 0.6 is 0 Å². The maximum Gasteiger partial charge on any atom is 0.224 e. The quantitative estimate of drug-likeness (QED) is 0.0442. The predicted octanol–water partition coefficient (Wildman–Crippen LogP) is 8.23. The van der Waals surface area contributed by atoms with Crippen LogP contribution < -0.4 is 16.4 Å². The lowest BCUT2D eigenvalue weighted by Crippen LogP contribution is -2.43. The number of carbonyl (C=O) groups excluding carboxylic acids is 2. The van der Waals surface area contributed by atoms with E-state index in [4.69, 9.17) is 15.2 Å². The van der Waals surface area contributed by atoms with Crippen molar-refractivity contribution in [3.63, 3.8) is 0 Å². The Morgan fingerprint density at radius 1 is 0.793 bits per heavy atom. The molecule has 1 aliphatic rings. The summed E-state index contributed by atoms with van der Waals surface area (Å²) in [6.45, 7) is 2.99. The topological polar surface area (TPSA) is 146 Å². The largest absolute Gasteiger partial charge is 0.397 e. The number of nitrogen functional groups attached to an aromatic ring is 1. The summed E-state index contributed by atoms with van der Waals surface area (Å²) in [5, 5.41) is 26.7. The minimum absolute atomic E-state index is 0.0238. The number of nitrogens with zero attached hydrogens (tertiary/aromatic N) is 1. The van der Waals surface area contributed by atoms with Crippen LogP contribution in [0.4, 0.5) is 11.4 Å². The third kappa shape index (κ3) is 11.6. The second-order valence-electron chi connectivity index (χ2n) is 15.1. The molecule has 0 bridgehead atoms. The predicted molar refractivity (Wildman–Crippen MR) is 228 cm³/mol. The Kier molecular flexibility index (Phi) is 15.2. The first-order valence-electron chi connectivity index (χ1n) is 20.2. The normalized spacial score (nSPS) is 17.7. The summed E-state index contributed by atoms with van der Waals surface area (Å²) in [6, 6.07) is 40.8. The van der Waals surface area contributed by atoms with Crippen molar-refractivity contribution in [2.45, 2.75) is 89.2 Å². The lowest BCUT2D eigenvalue weighted by molar-refractivity contribution is -0.253. The van der Waals surface area contributed by atoms with Crippen molar-refractivity contribution >= 4 is 23.2 Å². The summed E-state index contributed by atoms with van der Waals surface area (Å²) < 4.78 is 13.3. The fourth-order valence-corrected chi connectivity index (χ4v) is 7.32. The van der Waals surface area contributed by atoms with Crippen molar-refractivity contribution in [2.24, 2.45) is 0 Å². The number of ether oxygens (including phenoxy) is 2. The van der Waals surface area contributed by atoms with Gasteiger partial charge in [0, 0.05) is 44.0 Å². The number of aliphatic hydroxyl groups is 2. The number of hydrogen-bond acceptors (Lipinski definition) is 8. The Morgan fingerprint density at radius 2 is 1.45 bits per heavy atom. The Hall–Kier alpha value is -5.36. The van der Waals surface area contributed by atoms with E-state index in [2.05, 4.69) is 33.7 Å². The van der Waals surface area contributed by atoms with Gasteiger partial charge in [-0.3, -0.25) is 14.5 Å². The van der Waals surface area contributed by atoms with Crippen LogP contribution in [0.25, 0.3) is 11.1 Å². The highest BCUT2D eigenvalue weighted by Gasteiger charge is 2.34. The van der Waals surface area contributed by atoms with Crippen LogP contribution in [-0.2, 0) is 32.2 Å². The first kappa shape index (κ1) is 42.3. The molecule has 1 aliphatic heterocycles. The summed E-state index contributed by atoms with van der Waals surface area (Å²) in [6.07, 6.45) is 1.87. The number of benzene rings is 5. The van der Waals surface area contributed by atoms with Crippen molar-refractivity contribution in [1.29, 1.82) is 0 Å². The lowest BCUT2D eigenvalue weighted by atomic mass is 9.97. The zero-order valence-corrected chi connectivity index (χ0v) is 33.4. The van der Waals surface area contributed by atoms with Crippen LogP contribution in [0.3, 0.4) is 0 Å². The molecule has 1 fully saturated rings. The van der Waals surface area contributed by atoms with Gasteiger partial charge in [-0.25, -0.2) is 0 Å². The minimum Gasteiger partial charge on any atom is -0.397 e. The maximum absolute atomic E-state index is 12.8. The summed E-state index contributed by atoms with van der Waals surface area (Å²) in [5.74, 6) is -0.110. The number of hydrogen-bond donors (Lipinski definition) is 5. The van der Waals surface area contributed by atoms with Crippen molar-refractivity contribution in [2.75, 3.05) is 24.6 Å². The van der Waals surface area contributed by atoms with Gasteiger partial charge in [0.1, 0.15) is 0 Å². The summed E-state index contributed by atoms with van der Waals surface area (Å²) in [5.41, 5.74) is 13.7. The molecule has 2 amide bonds. The molecule has 1 heterocycles. The van der Waals surface area contributed by atoms with E-state index in [1.54, 1.807) is 12.1 Å². The molecule has 0 aliphatic carbocycles. The Bertz CT molecular complexity index is 2060. The molecule has 1 saturated heterocycles. The van der Waals surface area contributed by atoms with Crippen LogP contribution in [0.2, 0.25) is 0 Å². The van der Waals surface area contributed by atoms with E-state index >= 15 is 0 Å². The minimum atomic E-state index is -0.648. The summed E-state index contributed by atoms with van der Waals surface area (Å²) >= 11 is 0. The van der Waals surface area contributed by atoms with E-state index in [-0.39, 0.29) is 36.7 Å². The summed E-state index contributed by atoms with van der Waals surface area (Å²) in [7, 11) is 2.01. The first-order valence-corrected chi connectivity index (χ1v) is 20.2. The second-order valence-corrected chi connectivity index (χ2v) is 15.1. The Labute approximate surface area is 342 Å². The zero-order chi connectivity index (χ0) is 40.9. The number of amides is 2. The molecule has 5 aromatic rings. The fourth-order valence-electron chi connectivity index (χ4n) is 7.32. The molecule has 6 N–H and O–H groups in total. The van der Waals surface area contributed by atoms with Gasteiger partial charge in [-0.2, -0.15) is 0 Å². The molecule has 5 atom stereocenters. The Morgan fingerprint density at radius 3 is 2.17 bits per heavy atom. The van der Waals surface area contributed by atoms with Crippen molar-refractivity contribution in [3.8, 4) is 11.1 Å². The van der Waals surface area contributed by atoms with E-state index < -0.39 is 12.4 Å². The molecule has 5 aromatic carbocycles. The number of nitrogens with two attached hydrogens (primary N) is 1. The molecule has 0 spiro atoms. The van der Waals surface area contributed by atoms with E-state index in [0.29, 0.717) is 56.6 Å². The van der Waals surface area contributed by atoms with Crippen LogP contribution in [0, 0.1) is 0 Å². The van der Waals surface area contributed by atoms with Gasteiger partial charge >= 0.3 is 0 Å². The van der Waals surface area contributed by atoms with E-state index in [1.807, 2.05) is 111 Å². The average molecular weight is 785 g/mol. The SMILES string of the molecule is C[C@H]([C@@H](O)c1ccccc1)N(C)C[C@@H]1C[C@H](c2ccc(CO)cc2)O[C@H](c2ccc(-c3ccccc3CNC(=O)CCCCCC(=O)Nc3ccccc3N)cc2)O1. The molecular formula is C48H56N4O6. The smallest absolute Gasteiger partial charge is 0.224 e. The molecule has 6 rings (SSSR count). The number of likely N-dealkylation sites (N-methyl/N-ethyl adjacent to an activating group) is 1. The van der Waals surface area contributed by atoms with Gasteiger partial charge in [0.15, 0.2) is 6.29 Å². The van der Waals surface area contributed by atoms with Gasteiger partial charge in [0.25, 0.3) is 0 Å². The number of anilines is 2. The third-order valence-corrected chi connectivity index (χ3v) is 10.9. The van der Waals surface area contributed by atoms with E-state index in [1.165, 1.54) is 0 Å².